The van der Waals surface area contributed by atoms with E-state index in [-0.39, 0.29) is 0 Å². The molecular weight excluding hydrogens is 224 g/mol. The molecule has 0 spiro atoms. The number of halogens is 1. The molecule has 2 aromatic rings. The summed E-state index contributed by atoms with van der Waals surface area (Å²) in [5.74, 6) is 0.798. The topological polar surface area (TPSA) is 13.1 Å². The molecule has 1 nitrogen and oxygen atoms in total. The van der Waals surface area contributed by atoms with Crippen LogP contribution in [-0.4, -0.2) is 0 Å². The van der Waals surface area contributed by atoms with Crippen molar-refractivity contribution in [3.8, 4) is 11.3 Å². The summed E-state index contributed by atoms with van der Waals surface area (Å²) in [7, 11) is 0. The van der Waals surface area contributed by atoms with Gasteiger partial charge in [0, 0.05) is 16.0 Å². The molecule has 1 heterocycles. The minimum atomic E-state index is 0.546. The molecular formula is C9H5ClOS2. The first-order valence-electron chi connectivity index (χ1n) is 3.60. The van der Waals surface area contributed by atoms with Crippen LogP contribution in [0.1, 0.15) is 0 Å². The number of hydrogen-bond acceptors (Lipinski definition) is 3. The number of hydrogen-bond donors (Lipinski definition) is 0. The fourth-order valence-corrected chi connectivity index (χ4v) is 1.87. The molecule has 0 saturated carbocycles. The monoisotopic (exact) mass is 228 g/mol. The summed E-state index contributed by atoms with van der Waals surface area (Å²) in [6, 6.07) is 7.46. The molecule has 0 atom stereocenters. The Morgan fingerprint density at radius 2 is 1.92 bits per heavy atom. The zero-order chi connectivity index (χ0) is 9.26. The second kappa shape index (κ2) is 3.62. The first-order chi connectivity index (χ1) is 6.25. The average Bonchev–Trinajstić information content (AvgIpc) is 2.53. The van der Waals surface area contributed by atoms with Crippen LogP contribution in [0.2, 0.25) is 5.02 Å². The van der Waals surface area contributed by atoms with Crippen LogP contribution in [-0.2, 0) is 0 Å². The highest BCUT2D eigenvalue weighted by Gasteiger charge is 2.00. The molecule has 66 valence electrons. The SMILES string of the molecule is S=c1oc(-c2ccc(Cl)cc2)cs1. The van der Waals surface area contributed by atoms with Gasteiger partial charge < -0.3 is 4.42 Å². The summed E-state index contributed by atoms with van der Waals surface area (Å²) >= 11 is 12.1. The molecule has 0 aliphatic heterocycles. The Hall–Kier alpha value is -0.640. The standard InChI is InChI=1S/C9H5ClOS2/c10-7-3-1-6(2-4-7)8-5-13-9(12)11-8/h1-5H. The van der Waals surface area contributed by atoms with E-state index in [1.54, 1.807) is 0 Å². The van der Waals surface area contributed by atoms with Crippen molar-refractivity contribution in [3.63, 3.8) is 0 Å². The second-order valence-corrected chi connectivity index (χ2v) is 4.37. The molecule has 2 rings (SSSR count). The maximum atomic E-state index is 5.76. The third-order valence-electron chi connectivity index (χ3n) is 1.58. The molecule has 13 heavy (non-hydrogen) atoms. The summed E-state index contributed by atoms with van der Waals surface area (Å²) in [6.07, 6.45) is 0. The number of benzene rings is 1. The van der Waals surface area contributed by atoms with Gasteiger partial charge in [0.15, 0.2) is 0 Å². The van der Waals surface area contributed by atoms with E-state index in [0.717, 1.165) is 16.3 Å². The van der Waals surface area contributed by atoms with Crippen LogP contribution in [0.4, 0.5) is 0 Å². The molecule has 0 fully saturated rings. The average molecular weight is 229 g/mol. The van der Waals surface area contributed by atoms with Crippen molar-refractivity contribution in [2.75, 3.05) is 0 Å². The zero-order valence-corrected chi connectivity index (χ0v) is 8.88. The molecule has 0 aliphatic rings. The van der Waals surface area contributed by atoms with E-state index in [2.05, 4.69) is 0 Å². The highest BCUT2D eigenvalue weighted by Crippen LogP contribution is 2.24. The molecule has 4 heteroatoms. The maximum Gasteiger partial charge on any atom is 0.247 e. The fraction of sp³-hybridized carbons (Fsp3) is 0. The quantitative estimate of drug-likeness (QED) is 0.672. The van der Waals surface area contributed by atoms with Crippen molar-refractivity contribution in [1.82, 2.24) is 0 Å². The zero-order valence-electron chi connectivity index (χ0n) is 6.49. The molecule has 0 saturated heterocycles. The van der Waals surface area contributed by atoms with Crippen molar-refractivity contribution in [3.05, 3.63) is 38.7 Å². The van der Waals surface area contributed by atoms with Crippen LogP contribution >= 0.6 is 35.2 Å². The molecule has 0 aliphatic carbocycles. The lowest BCUT2D eigenvalue weighted by molar-refractivity contribution is 0.574. The van der Waals surface area contributed by atoms with Crippen molar-refractivity contribution in [2.45, 2.75) is 0 Å². The predicted octanol–water partition coefficient (Wildman–Crippen LogP) is 4.39. The maximum absolute atomic E-state index is 5.76. The molecule has 1 aromatic carbocycles. The summed E-state index contributed by atoms with van der Waals surface area (Å²) in [5, 5.41) is 2.61. The van der Waals surface area contributed by atoms with Gasteiger partial charge in [-0.05, 0) is 36.5 Å². The van der Waals surface area contributed by atoms with E-state index in [9.17, 15) is 0 Å². The van der Waals surface area contributed by atoms with Crippen LogP contribution in [0, 0.1) is 4.02 Å². The van der Waals surface area contributed by atoms with Gasteiger partial charge in [-0.15, -0.1) is 0 Å². The van der Waals surface area contributed by atoms with E-state index in [0.29, 0.717) is 4.02 Å². The fourth-order valence-electron chi connectivity index (χ4n) is 0.981. The van der Waals surface area contributed by atoms with E-state index >= 15 is 0 Å². The highest BCUT2D eigenvalue weighted by atomic mass is 35.5. The minimum Gasteiger partial charge on any atom is -0.435 e. The lowest BCUT2D eigenvalue weighted by Crippen LogP contribution is -1.71. The third-order valence-corrected chi connectivity index (χ3v) is 2.82. The first kappa shape index (κ1) is 8.94. The lowest BCUT2D eigenvalue weighted by atomic mass is 10.2. The van der Waals surface area contributed by atoms with E-state index in [1.165, 1.54) is 11.3 Å². The van der Waals surface area contributed by atoms with E-state index in [4.69, 9.17) is 28.2 Å². The van der Waals surface area contributed by atoms with Crippen molar-refractivity contribution < 1.29 is 4.42 Å². The predicted molar refractivity (Wildman–Crippen MR) is 57.9 cm³/mol. The van der Waals surface area contributed by atoms with Crippen LogP contribution in [0.5, 0.6) is 0 Å². The number of rotatable bonds is 1. The van der Waals surface area contributed by atoms with Gasteiger partial charge in [0.1, 0.15) is 5.76 Å². The molecule has 1 aromatic heterocycles. The normalized spacial score (nSPS) is 10.2. The second-order valence-electron chi connectivity index (χ2n) is 2.46. The summed E-state index contributed by atoms with van der Waals surface area (Å²) < 4.78 is 5.85. The largest absolute Gasteiger partial charge is 0.435 e. The minimum absolute atomic E-state index is 0.546. The van der Waals surface area contributed by atoms with E-state index < -0.39 is 0 Å². The molecule has 0 unspecified atom stereocenters. The summed E-state index contributed by atoms with van der Waals surface area (Å²) in [4.78, 5) is 0. The van der Waals surface area contributed by atoms with Gasteiger partial charge in [0.05, 0.1) is 0 Å². The first-order valence-corrected chi connectivity index (χ1v) is 5.27. The van der Waals surface area contributed by atoms with Crippen LogP contribution in [0.3, 0.4) is 0 Å². The Labute approximate surface area is 89.6 Å². The Balaban J connectivity index is 2.47. The molecule has 0 amide bonds. The Morgan fingerprint density at radius 3 is 2.46 bits per heavy atom. The smallest absolute Gasteiger partial charge is 0.247 e. The Kier molecular flexibility index (Phi) is 2.49. The van der Waals surface area contributed by atoms with Gasteiger partial charge in [-0.25, -0.2) is 0 Å². The van der Waals surface area contributed by atoms with Gasteiger partial charge >= 0.3 is 0 Å². The van der Waals surface area contributed by atoms with Gasteiger partial charge in [0.25, 0.3) is 0 Å². The molecule has 0 bridgehead atoms. The summed E-state index contributed by atoms with van der Waals surface area (Å²) in [6.45, 7) is 0. The van der Waals surface area contributed by atoms with Crippen LogP contribution < -0.4 is 0 Å². The third kappa shape index (κ3) is 1.99. The Bertz CT molecular complexity index is 455. The van der Waals surface area contributed by atoms with Gasteiger partial charge in [-0.3, -0.25) is 0 Å². The van der Waals surface area contributed by atoms with Crippen LogP contribution in [0.15, 0.2) is 34.1 Å². The van der Waals surface area contributed by atoms with Crippen molar-refractivity contribution in [2.24, 2.45) is 0 Å². The van der Waals surface area contributed by atoms with Crippen LogP contribution in [0.25, 0.3) is 11.3 Å². The van der Waals surface area contributed by atoms with Crippen molar-refractivity contribution >= 4 is 35.2 Å². The van der Waals surface area contributed by atoms with Gasteiger partial charge in [-0.1, -0.05) is 22.9 Å². The molecule has 0 radical (unpaired) electrons. The van der Waals surface area contributed by atoms with E-state index in [1.807, 2.05) is 29.6 Å². The Morgan fingerprint density at radius 1 is 1.23 bits per heavy atom. The lowest BCUT2D eigenvalue weighted by Gasteiger charge is -1.94. The molecule has 0 N–H and O–H groups in total. The van der Waals surface area contributed by atoms with Gasteiger partial charge in [-0.2, -0.15) is 0 Å². The highest BCUT2D eigenvalue weighted by molar-refractivity contribution is 7.73. The van der Waals surface area contributed by atoms with Crippen molar-refractivity contribution in [1.29, 1.82) is 0 Å². The summed E-state index contributed by atoms with van der Waals surface area (Å²) in [5.41, 5.74) is 0.997. The van der Waals surface area contributed by atoms with Gasteiger partial charge in [0.2, 0.25) is 4.02 Å².